The number of likely N-dealkylation sites (tertiary alicyclic amines) is 2. The van der Waals surface area contributed by atoms with Gasteiger partial charge in [-0.3, -0.25) is 9.59 Å². The summed E-state index contributed by atoms with van der Waals surface area (Å²) >= 11 is 0. The molecule has 2 N–H and O–H groups in total. The molecule has 2 aliphatic rings. The molecule has 0 saturated carbocycles. The number of carbonyl (C=O) groups excluding carboxylic acids is 2. The third-order valence-corrected chi connectivity index (χ3v) is 6.17. The molecule has 2 heterocycles. The molecule has 0 aromatic heterocycles. The van der Waals surface area contributed by atoms with Crippen LogP contribution in [0.1, 0.15) is 50.5 Å². The number of rotatable bonds is 6. The summed E-state index contributed by atoms with van der Waals surface area (Å²) in [6, 6.07) is 10.3. The molecule has 1 aromatic carbocycles. The summed E-state index contributed by atoms with van der Waals surface area (Å²) in [5, 5.41) is 0. The molecule has 2 amide bonds. The SMILES string of the molecule is CCN1CC2(CCN(CCCC(N)=O)CC2)C[C@@H](c2ccccc2)C1=O. The zero-order valence-electron chi connectivity index (χ0n) is 15.8. The Bertz CT molecular complexity index is 623. The third kappa shape index (κ3) is 4.26. The van der Waals surface area contributed by atoms with E-state index in [-0.39, 0.29) is 23.1 Å². The maximum Gasteiger partial charge on any atom is 0.230 e. The summed E-state index contributed by atoms with van der Waals surface area (Å²) in [4.78, 5) is 28.3. The summed E-state index contributed by atoms with van der Waals surface area (Å²) in [5.41, 5.74) is 6.62. The first-order valence-corrected chi connectivity index (χ1v) is 9.87. The van der Waals surface area contributed by atoms with Crippen LogP contribution in [0.5, 0.6) is 0 Å². The highest BCUT2D eigenvalue weighted by Gasteiger charge is 2.45. The van der Waals surface area contributed by atoms with Crippen molar-refractivity contribution in [2.75, 3.05) is 32.7 Å². The minimum atomic E-state index is -0.214. The van der Waals surface area contributed by atoms with Crippen molar-refractivity contribution in [3.05, 3.63) is 35.9 Å². The zero-order valence-corrected chi connectivity index (χ0v) is 15.8. The minimum absolute atomic E-state index is 0.00804. The Hall–Kier alpha value is -1.88. The standard InChI is InChI=1S/C21H31N3O2/c1-2-24-16-21(10-13-23(14-11-21)12-6-9-19(22)25)15-18(20(24)26)17-7-4-3-5-8-17/h3-5,7-8,18H,2,6,9-16H2,1H3,(H2,22,25)/t18-/m0/s1. The van der Waals surface area contributed by atoms with Crippen molar-refractivity contribution in [1.29, 1.82) is 0 Å². The van der Waals surface area contributed by atoms with Crippen molar-refractivity contribution < 1.29 is 9.59 Å². The monoisotopic (exact) mass is 357 g/mol. The Morgan fingerprint density at radius 2 is 1.92 bits per heavy atom. The summed E-state index contributed by atoms with van der Waals surface area (Å²) < 4.78 is 0. The molecule has 2 aliphatic heterocycles. The summed E-state index contributed by atoms with van der Waals surface area (Å²) in [6.45, 7) is 6.79. The van der Waals surface area contributed by atoms with E-state index in [4.69, 9.17) is 5.73 Å². The van der Waals surface area contributed by atoms with E-state index in [1.54, 1.807) is 0 Å². The van der Waals surface area contributed by atoms with E-state index < -0.39 is 0 Å². The van der Waals surface area contributed by atoms with Crippen LogP contribution in [-0.4, -0.2) is 54.3 Å². The van der Waals surface area contributed by atoms with Gasteiger partial charge in [-0.05, 0) is 63.2 Å². The van der Waals surface area contributed by atoms with Crippen molar-refractivity contribution >= 4 is 11.8 Å². The number of carbonyl (C=O) groups is 2. The largest absolute Gasteiger partial charge is 0.370 e. The van der Waals surface area contributed by atoms with Crippen molar-refractivity contribution in [3.8, 4) is 0 Å². The fourth-order valence-corrected chi connectivity index (χ4v) is 4.59. The second kappa shape index (κ2) is 8.21. The maximum absolute atomic E-state index is 12.9. The average molecular weight is 357 g/mol. The van der Waals surface area contributed by atoms with E-state index in [1.807, 2.05) is 18.2 Å². The molecule has 26 heavy (non-hydrogen) atoms. The molecule has 0 radical (unpaired) electrons. The molecule has 0 unspecified atom stereocenters. The first kappa shape index (κ1) is 18.9. The van der Waals surface area contributed by atoms with Crippen molar-refractivity contribution in [2.45, 2.75) is 44.9 Å². The Kier molecular flexibility index (Phi) is 5.97. The molecule has 3 rings (SSSR count). The molecular weight excluding hydrogens is 326 g/mol. The first-order valence-electron chi connectivity index (χ1n) is 9.87. The highest BCUT2D eigenvalue weighted by atomic mass is 16.2. The molecule has 0 bridgehead atoms. The van der Waals surface area contributed by atoms with E-state index in [1.165, 1.54) is 0 Å². The second-order valence-electron chi connectivity index (χ2n) is 7.93. The van der Waals surface area contributed by atoms with E-state index in [9.17, 15) is 9.59 Å². The van der Waals surface area contributed by atoms with Crippen molar-refractivity contribution in [1.82, 2.24) is 9.80 Å². The molecule has 1 spiro atoms. The quantitative estimate of drug-likeness (QED) is 0.850. The van der Waals surface area contributed by atoms with Gasteiger partial charge in [-0.2, -0.15) is 0 Å². The van der Waals surface area contributed by atoms with Crippen LogP contribution in [0.25, 0.3) is 0 Å². The van der Waals surface area contributed by atoms with Crippen LogP contribution in [0.2, 0.25) is 0 Å². The maximum atomic E-state index is 12.9. The highest BCUT2D eigenvalue weighted by Crippen LogP contribution is 2.45. The van der Waals surface area contributed by atoms with E-state index in [2.05, 4.69) is 28.9 Å². The van der Waals surface area contributed by atoms with Gasteiger partial charge in [0.25, 0.3) is 0 Å². The fourth-order valence-electron chi connectivity index (χ4n) is 4.59. The zero-order chi connectivity index (χ0) is 18.6. The van der Waals surface area contributed by atoms with Gasteiger partial charge in [-0.15, -0.1) is 0 Å². The minimum Gasteiger partial charge on any atom is -0.370 e. The molecule has 2 fully saturated rings. The number of nitrogens with two attached hydrogens (primary N) is 1. The highest BCUT2D eigenvalue weighted by molar-refractivity contribution is 5.84. The lowest BCUT2D eigenvalue weighted by Crippen LogP contribution is -2.54. The van der Waals surface area contributed by atoms with E-state index >= 15 is 0 Å². The number of benzene rings is 1. The Morgan fingerprint density at radius 3 is 2.54 bits per heavy atom. The second-order valence-corrected chi connectivity index (χ2v) is 7.93. The number of nitrogens with zero attached hydrogens (tertiary/aromatic N) is 2. The van der Waals surface area contributed by atoms with E-state index in [0.717, 1.165) is 64.0 Å². The lowest BCUT2D eigenvalue weighted by molar-refractivity contribution is -0.141. The normalized spacial score (nSPS) is 23.3. The smallest absolute Gasteiger partial charge is 0.230 e. The van der Waals surface area contributed by atoms with Gasteiger partial charge in [0.05, 0.1) is 5.92 Å². The third-order valence-electron chi connectivity index (χ3n) is 6.17. The average Bonchev–Trinajstić information content (AvgIpc) is 2.66. The van der Waals surface area contributed by atoms with Crippen LogP contribution in [0.4, 0.5) is 0 Å². The number of hydrogen-bond acceptors (Lipinski definition) is 3. The molecule has 142 valence electrons. The van der Waals surface area contributed by atoms with Crippen LogP contribution < -0.4 is 5.73 Å². The lowest BCUT2D eigenvalue weighted by atomic mass is 9.67. The van der Waals surface area contributed by atoms with Gasteiger partial charge >= 0.3 is 0 Å². The van der Waals surface area contributed by atoms with Crippen molar-refractivity contribution in [2.24, 2.45) is 11.1 Å². The van der Waals surface area contributed by atoms with Gasteiger partial charge in [0.2, 0.25) is 11.8 Å². The van der Waals surface area contributed by atoms with Crippen molar-refractivity contribution in [3.63, 3.8) is 0 Å². The van der Waals surface area contributed by atoms with Crippen LogP contribution in [0.3, 0.4) is 0 Å². The topological polar surface area (TPSA) is 66.6 Å². The van der Waals surface area contributed by atoms with Crippen LogP contribution >= 0.6 is 0 Å². The van der Waals surface area contributed by atoms with Gasteiger partial charge in [-0.1, -0.05) is 30.3 Å². The van der Waals surface area contributed by atoms with Gasteiger partial charge in [0.1, 0.15) is 0 Å². The molecule has 1 aromatic rings. The molecule has 1 atom stereocenters. The number of amides is 2. The summed E-state index contributed by atoms with van der Waals surface area (Å²) in [7, 11) is 0. The number of primary amides is 1. The Morgan fingerprint density at radius 1 is 1.23 bits per heavy atom. The molecule has 5 nitrogen and oxygen atoms in total. The van der Waals surface area contributed by atoms with Crippen LogP contribution in [0.15, 0.2) is 30.3 Å². The predicted octanol–water partition coefficient (Wildman–Crippen LogP) is 2.37. The lowest BCUT2D eigenvalue weighted by Gasteiger charge is -2.50. The van der Waals surface area contributed by atoms with Gasteiger partial charge in [0.15, 0.2) is 0 Å². The predicted molar refractivity (Wildman–Crippen MR) is 103 cm³/mol. The van der Waals surface area contributed by atoms with Crippen LogP contribution in [-0.2, 0) is 9.59 Å². The van der Waals surface area contributed by atoms with Gasteiger partial charge in [-0.25, -0.2) is 0 Å². The first-order chi connectivity index (χ1) is 12.5. The fraction of sp³-hybridized carbons (Fsp3) is 0.619. The number of hydrogen-bond donors (Lipinski definition) is 1. The molecular formula is C21H31N3O2. The number of piperidine rings is 2. The number of likely N-dealkylation sites (N-methyl/N-ethyl adjacent to an activating group) is 1. The molecule has 5 heteroatoms. The van der Waals surface area contributed by atoms with Crippen LogP contribution in [0, 0.1) is 5.41 Å². The Labute approximate surface area is 156 Å². The van der Waals surface area contributed by atoms with Gasteiger partial charge < -0.3 is 15.5 Å². The summed E-state index contributed by atoms with van der Waals surface area (Å²) in [6.07, 6.45) is 4.51. The Balaban J connectivity index is 1.66. The van der Waals surface area contributed by atoms with Gasteiger partial charge in [0, 0.05) is 19.5 Å². The molecule has 0 aliphatic carbocycles. The van der Waals surface area contributed by atoms with E-state index in [0.29, 0.717) is 6.42 Å². The summed E-state index contributed by atoms with van der Waals surface area (Å²) in [5.74, 6) is 0.0630. The molecule has 2 saturated heterocycles.